The summed E-state index contributed by atoms with van der Waals surface area (Å²) in [5.41, 5.74) is -0.501. The number of amides is 1. The lowest BCUT2D eigenvalue weighted by molar-refractivity contribution is -0.138. The third-order valence-electron chi connectivity index (χ3n) is 3.66. The molecule has 1 atom stereocenters. The van der Waals surface area contributed by atoms with Crippen LogP contribution in [0.4, 0.5) is 0 Å². The molecule has 0 radical (unpaired) electrons. The Kier molecular flexibility index (Phi) is 3.96. The number of carboxylic acids is 1. The molecule has 1 fully saturated rings. The van der Waals surface area contributed by atoms with E-state index in [1.165, 1.54) is 0 Å². The van der Waals surface area contributed by atoms with Crippen molar-refractivity contribution < 1.29 is 28.9 Å². The Morgan fingerprint density at radius 1 is 1.36 bits per heavy atom. The molecule has 7 nitrogen and oxygen atoms in total. The quantitative estimate of drug-likeness (QED) is 0.833. The molecule has 2 aliphatic rings. The predicted molar refractivity (Wildman–Crippen MR) is 78.2 cm³/mol. The molecular formula is C14H14BrNO6. The highest BCUT2D eigenvalue weighted by Crippen LogP contribution is 2.40. The van der Waals surface area contributed by atoms with Crippen molar-refractivity contribution in [2.24, 2.45) is 0 Å². The molecule has 1 aromatic carbocycles. The van der Waals surface area contributed by atoms with Gasteiger partial charge < -0.3 is 24.6 Å². The molecule has 0 aliphatic carbocycles. The van der Waals surface area contributed by atoms with E-state index in [0.29, 0.717) is 34.6 Å². The van der Waals surface area contributed by atoms with Crippen LogP contribution in [0.1, 0.15) is 23.2 Å². The average molecular weight is 372 g/mol. The molecule has 2 N–H and O–H groups in total. The summed E-state index contributed by atoms with van der Waals surface area (Å²) in [6, 6.07) is 3.19. The number of nitrogens with one attached hydrogen (secondary N) is 1. The fourth-order valence-electron chi connectivity index (χ4n) is 2.59. The number of rotatable bonds is 4. The van der Waals surface area contributed by atoms with E-state index in [4.69, 9.17) is 19.3 Å². The van der Waals surface area contributed by atoms with Crippen LogP contribution in [0, 0.1) is 0 Å². The molecule has 0 bridgehead atoms. The summed E-state index contributed by atoms with van der Waals surface area (Å²) in [5, 5.41) is 11.8. The van der Waals surface area contributed by atoms with Crippen molar-refractivity contribution in [1.29, 1.82) is 0 Å². The second-order valence-electron chi connectivity index (χ2n) is 5.30. The van der Waals surface area contributed by atoms with Crippen molar-refractivity contribution in [3.63, 3.8) is 0 Å². The maximum atomic E-state index is 12.5. The monoisotopic (exact) mass is 371 g/mol. The number of hydrogen-bond acceptors (Lipinski definition) is 5. The first-order valence-electron chi connectivity index (χ1n) is 6.70. The van der Waals surface area contributed by atoms with Gasteiger partial charge in [-0.1, -0.05) is 0 Å². The van der Waals surface area contributed by atoms with Crippen LogP contribution in [0.25, 0.3) is 0 Å². The Morgan fingerprint density at radius 2 is 2.18 bits per heavy atom. The standard InChI is InChI=1S/C14H14BrNO6/c15-9-3-8(4-10-12(9)22-7-21-10)13(19)16-14(5-11(17)18)1-2-20-6-14/h3-4H,1-2,5-7H2,(H,16,19)(H,17,18). The van der Waals surface area contributed by atoms with Crippen LogP contribution in [-0.4, -0.2) is 42.5 Å². The summed E-state index contributed by atoms with van der Waals surface area (Å²) in [5.74, 6) is -0.307. The highest BCUT2D eigenvalue weighted by Gasteiger charge is 2.39. The zero-order chi connectivity index (χ0) is 15.7. The SMILES string of the molecule is O=C(O)CC1(NC(=O)c2cc(Br)c3c(c2)OCO3)CCOC1. The predicted octanol–water partition coefficient (Wildman–Crippen LogP) is 1.54. The van der Waals surface area contributed by atoms with Gasteiger partial charge in [0, 0.05) is 12.2 Å². The van der Waals surface area contributed by atoms with E-state index < -0.39 is 11.5 Å². The smallest absolute Gasteiger partial charge is 0.305 e. The molecule has 1 saturated heterocycles. The third kappa shape index (κ3) is 2.89. The van der Waals surface area contributed by atoms with E-state index in [9.17, 15) is 9.59 Å². The largest absolute Gasteiger partial charge is 0.481 e. The fourth-order valence-corrected chi connectivity index (χ4v) is 3.15. The first-order chi connectivity index (χ1) is 10.5. The van der Waals surface area contributed by atoms with Gasteiger partial charge in [-0.25, -0.2) is 0 Å². The van der Waals surface area contributed by atoms with E-state index in [1.807, 2.05) is 0 Å². The van der Waals surface area contributed by atoms with Gasteiger partial charge in [0.05, 0.1) is 23.0 Å². The highest BCUT2D eigenvalue weighted by molar-refractivity contribution is 9.10. The summed E-state index contributed by atoms with van der Waals surface area (Å²) in [4.78, 5) is 23.5. The Balaban J connectivity index is 1.82. The maximum absolute atomic E-state index is 12.5. The van der Waals surface area contributed by atoms with Crippen molar-refractivity contribution in [2.45, 2.75) is 18.4 Å². The highest BCUT2D eigenvalue weighted by atomic mass is 79.9. The topological polar surface area (TPSA) is 94.1 Å². The van der Waals surface area contributed by atoms with Crippen LogP contribution in [0.3, 0.4) is 0 Å². The third-order valence-corrected chi connectivity index (χ3v) is 4.25. The van der Waals surface area contributed by atoms with E-state index in [-0.39, 0.29) is 25.7 Å². The molecule has 0 saturated carbocycles. The van der Waals surface area contributed by atoms with Crippen LogP contribution in [0.5, 0.6) is 11.5 Å². The van der Waals surface area contributed by atoms with Gasteiger partial charge in [0.1, 0.15) is 0 Å². The molecule has 1 amide bonds. The number of aliphatic carboxylic acids is 1. The van der Waals surface area contributed by atoms with Crippen molar-refractivity contribution in [3.05, 3.63) is 22.2 Å². The average Bonchev–Trinajstić information content (AvgIpc) is 3.07. The molecule has 3 rings (SSSR count). The number of fused-ring (bicyclic) bond motifs is 1. The number of halogens is 1. The lowest BCUT2D eigenvalue weighted by Gasteiger charge is -2.27. The van der Waals surface area contributed by atoms with Crippen molar-refractivity contribution >= 4 is 27.8 Å². The summed E-state index contributed by atoms with van der Waals surface area (Å²) in [6.07, 6.45) is 0.293. The molecular weight excluding hydrogens is 358 g/mol. The number of carboxylic acid groups (broad SMARTS) is 1. The molecule has 8 heteroatoms. The van der Waals surface area contributed by atoms with Crippen LogP contribution in [0.2, 0.25) is 0 Å². The lowest BCUT2D eigenvalue weighted by atomic mass is 9.93. The molecule has 22 heavy (non-hydrogen) atoms. The number of ether oxygens (including phenoxy) is 3. The zero-order valence-corrected chi connectivity index (χ0v) is 13.1. The minimum Gasteiger partial charge on any atom is -0.481 e. The minimum absolute atomic E-state index is 0.107. The summed E-state index contributed by atoms with van der Waals surface area (Å²) in [6.45, 7) is 0.727. The number of carbonyl (C=O) groups is 2. The van der Waals surface area contributed by atoms with E-state index in [0.717, 1.165) is 0 Å². The minimum atomic E-state index is -0.974. The van der Waals surface area contributed by atoms with Gasteiger partial charge >= 0.3 is 5.97 Å². The molecule has 1 unspecified atom stereocenters. The normalized spacial score (nSPS) is 22.6. The molecule has 0 aromatic heterocycles. The second-order valence-corrected chi connectivity index (χ2v) is 6.15. The number of benzene rings is 1. The van der Waals surface area contributed by atoms with Gasteiger partial charge in [-0.2, -0.15) is 0 Å². The van der Waals surface area contributed by atoms with Gasteiger partial charge in [0.25, 0.3) is 5.91 Å². The Hall–Kier alpha value is -1.80. The molecule has 118 valence electrons. The van der Waals surface area contributed by atoms with Gasteiger partial charge in [-0.15, -0.1) is 0 Å². The fraction of sp³-hybridized carbons (Fsp3) is 0.429. The molecule has 0 spiro atoms. The van der Waals surface area contributed by atoms with Gasteiger partial charge in [-0.05, 0) is 34.5 Å². The van der Waals surface area contributed by atoms with Gasteiger partial charge in [0.2, 0.25) is 6.79 Å². The maximum Gasteiger partial charge on any atom is 0.305 e. The van der Waals surface area contributed by atoms with Crippen LogP contribution >= 0.6 is 15.9 Å². The molecule has 1 aromatic rings. The summed E-state index contributed by atoms with van der Waals surface area (Å²) < 4.78 is 16.4. The van der Waals surface area contributed by atoms with Gasteiger partial charge in [0.15, 0.2) is 11.5 Å². The Bertz CT molecular complexity index is 626. The zero-order valence-electron chi connectivity index (χ0n) is 11.6. The lowest BCUT2D eigenvalue weighted by Crippen LogP contribution is -2.50. The van der Waals surface area contributed by atoms with E-state index >= 15 is 0 Å². The summed E-state index contributed by atoms with van der Waals surface area (Å²) >= 11 is 3.33. The molecule has 2 aliphatic heterocycles. The Morgan fingerprint density at radius 3 is 2.86 bits per heavy atom. The van der Waals surface area contributed by atoms with Crippen LogP contribution in [-0.2, 0) is 9.53 Å². The Labute approximate surface area is 134 Å². The van der Waals surface area contributed by atoms with E-state index in [1.54, 1.807) is 12.1 Å². The summed E-state index contributed by atoms with van der Waals surface area (Å²) in [7, 11) is 0. The first-order valence-corrected chi connectivity index (χ1v) is 7.50. The van der Waals surface area contributed by atoms with E-state index in [2.05, 4.69) is 21.2 Å². The number of carbonyl (C=O) groups excluding carboxylic acids is 1. The van der Waals surface area contributed by atoms with Crippen LogP contribution in [0.15, 0.2) is 16.6 Å². The van der Waals surface area contributed by atoms with Gasteiger partial charge in [-0.3, -0.25) is 9.59 Å². The van der Waals surface area contributed by atoms with Crippen LogP contribution < -0.4 is 14.8 Å². The second kappa shape index (κ2) is 5.77. The molecule has 2 heterocycles. The first kappa shape index (κ1) is 15.1. The van der Waals surface area contributed by atoms with Crippen molar-refractivity contribution in [2.75, 3.05) is 20.0 Å². The van der Waals surface area contributed by atoms with Crippen molar-refractivity contribution in [1.82, 2.24) is 5.32 Å². The van der Waals surface area contributed by atoms with Crippen molar-refractivity contribution in [3.8, 4) is 11.5 Å². The number of hydrogen-bond donors (Lipinski definition) is 2.